The molecule has 3 aliphatic heterocycles. The fraction of sp³-hybridized carbons (Fsp3) is 0.409. The van der Waals surface area contributed by atoms with E-state index in [-0.39, 0.29) is 17.2 Å². The van der Waals surface area contributed by atoms with E-state index in [9.17, 15) is 24.0 Å². The number of nitrogens with zero attached hydrogens (tertiary/aromatic N) is 1. The van der Waals surface area contributed by atoms with Crippen LogP contribution in [0.15, 0.2) is 30.4 Å². The zero-order valence-electron chi connectivity index (χ0n) is 17.8. The summed E-state index contributed by atoms with van der Waals surface area (Å²) in [7, 11) is 1.38. The summed E-state index contributed by atoms with van der Waals surface area (Å²) in [4.78, 5) is 63.1. The topological polar surface area (TPSA) is 126 Å². The van der Waals surface area contributed by atoms with E-state index < -0.39 is 53.6 Å². The first-order valence-electron chi connectivity index (χ1n) is 9.89. The second-order valence-corrected chi connectivity index (χ2v) is 7.80. The highest BCUT2D eigenvalue weighted by Crippen LogP contribution is 2.55. The molecule has 0 aliphatic carbocycles. The van der Waals surface area contributed by atoms with Crippen LogP contribution in [0.4, 0.5) is 5.69 Å². The summed E-state index contributed by atoms with van der Waals surface area (Å²) in [6, 6.07) is 4.45. The third-order valence-corrected chi connectivity index (χ3v) is 5.82. The molecule has 2 bridgehead atoms. The number of fused-ring (bicyclic) bond motifs is 5. The van der Waals surface area contributed by atoms with Crippen LogP contribution < -0.4 is 9.64 Å². The van der Waals surface area contributed by atoms with Crippen LogP contribution in [0, 0.1) is 11.8 Å². The molecule has 168 valence electrons. The molecular weight excluding hydrogens is 422 g/mol. The molecule has 10 nitrogen and oxygen atoms in total. The minimum Gasteiger partial charge on any atom is -0.495 e. The van der Waals surface area contributed by atoms with Crippen molar-refractivity contribution in [3.05, 3.63) is 35.9 Å². The second-order valence-electron chi connectivity index (χ2n) is 7.80. The standard InChI is InChI=1S/C22H21NO9/c1-10(24)13-5-6-15(29-4)14(9-13)23-19(27)17-16-7-8-22(32-16,18(17)20(23)28)21(30-11(2)25)31-12(3)26/h5-9,16-18,21H,1-4H3/t16-,17-,18-,22-/m1/s1. The maximum Gasteiger partial charge on any atom is 0.305 e. The molecule has 2 saturated heterocycles. The Bertz CT molecular complexity index is 1060. The minimum absolute atomic E-state index is 0.121. The van der Waals surface area contributed by atoms with Crippen molar-refractivity contribution in [3.8, 4) is 5.75 Å². The van der Waals surface area contributed by atoms with E-state index in [4.69, 9.17) is 18.9 Å². The number of methoxy groups -OCH3 is 1. The fourth-order valence-electron chi connectivity index (χ4n) is 4.54. The highest BCUT2D eigenvalue weighted by Gasteiger charge is 2.72. The third kappa shape index (κ3) is 3.10. The molecule has 4 rings (SSSR count). The van der Waals surface area contributed by atoms with Gasteiger partial charge in [0.15, 0.2) is 11.4 Å². The molecule has 0 saturated carbocycles. The Kier molecular flexibility index (Phi) is 5.12. The van der Waals surface area contributed by atoms with Crippen LogP contribution in [0.1, 0.15) is 31.1 Å². The lowest BCUT2D eigenvalue weighted by Crippen LogP contribution is -2.52. The summed E-state index contributed by atoms with van der Waals surface area (Å²) < 4.78 is 21.6. The summed E-state index contributed by atoms with van der Waals surface area (Å²) in [5.74, 6) is -4.76. The molecule has 0 radical (unpaired) electrons. The van der Waals surface area contributed by atoms with Crippen LogP contribution in [-0.4, -0.2) is 54.6 Å². The van der Waals surface area contributed by atoms with Crippen molar-refractivity contribution >= 4 is 35.2 Å². The second kappa shape index (κ2) is 7.56. The number of hydrogen-bond donors (Lipinski definition) is 0. The highest BCUT2D eigenvalue weighted by molar-refractivity contribution is 6.24. The van der Waals surface area contributed by atoms with Gasteiger partial charge in [0.2, 0.25) is 11.8 Å². The number of esters is 2. The number of hydrogen-bond acceptors (Lipinski definition) is 9. The van der Waals surface area contributed by atoms with Crippen LogP contribution in [0.25, 0.3) is 0 Å². The summed E-state index contributed by atoms with van der Waals surface area (Å²) >= 11 is 0. The van der Waals surface area contributed by atoms with E-state index in [0.29, 0.717) is 5.56 Å². The molecule has 2 amide bonds. The predicted octanol–water partition coefficient (Wildman–Crippen LogP) is 1.16. The molecule has 32 heavy (non-hydrogen) atoms. The molecule has 1 aromatic carbocycles. The van der Waals surface area contributed by atoms with Gasteiger partial charge in [-0.15, -0.1) is 0 Å². The van der Waals surface area contributed by atoms with E-state index >= 15 is 0 Å². The number of Topliss-reactive ketones (excluding diaryl/α,β-unsaturated/α-hetero) is 1. The summed E-state index contributed by atoms with van der Waals surface area (Å²) in [5, 5.41) is 0. The Labute approximate surface area is 183 Å². The maximum absolute atomic E-state index is 13.6. The molecule has 10 heteroatoms. The Hall–Kier alpha value is -3.53. The maximum atomic E-state index is 13.6. The first-order valence-corrected chi connectivity index (χ1v) is 9.89. The SMILES string of the molecule is COc1ccc(C(C)=O)cc1N1C(=O)[C@@H]2[C@H]3C=C[C@@](C(OC(C)=O)OC(C)=O)(O3)[C@H]2C1=O. The molecule has 1 aromatic rings. The number of carbonyl (C=O) groups is 5. The number of ketones is 1. The fourth-order valence-corrected chi connectivity index (χ4v) is 4.54. The quantitative estimate of drug-likeness (QED) is 0.209. The van der Waals surface area contributed by atoms with Crippen molar-refractivity contribution in [1.29, 1.82) is 0 Å². The molecule has 0 aromatic heterocycles. The van der Waals surface area contributed by atoms with E-state index in [1.165, 1.54) is 38.3 Å². The number of rotatable bonds is 6. The van der Waals surface area contributed by atoms with Crippen LogP contribution in [0.2, 0.25) is 0 Å². The van der Waals surface area contributed by atoms with Gasteiger partial charge in [-0.25, -0.2) is 4.90 Å². The molecule has 4 atom stereocenters. The van der Waals surface area contributed by atoms with Gasteiger partial charge in [0.1, 0.15) is 5.75 Å². The van der Waals surface area contributed by atoms with Gasteiger partial charge in [0, 0.05) is 19.4 Å². The number of ether oxygens (including phenoxy) is 4. The summed E-state index contributed by atoms with van der Waals surface area (Å²) in [5.41, 5.74) is -1.24. The number of benzene rings is 1. The molecule has 2 fully saturated rings. The Morgan fingerprint density at radius 1 is 1.06 bits per heavy atom. The average Bonchev–Trinajstić information content (AvgIpc) is 3.37. The van der Waals surface area contributed by atoms with Crippen molar-refractivity contribution in [2.45, 2.75) is 38.8 Å². The van der Waals surface area contributed by atoms with Gasteiger partial charge in [-0.2, -0.15) is 0 Å². The molecule has 0 spiro atoms. The lowest BCUT2D eigenvalue weighted by atomic mass is 9.76. The van der Waals surface area contributed by atoms with E-state index in [1.807, 2.05) is 0 Å². The Morgan fingerprint density at radius 2 is 1.72 bits per heavy atom. The van der Waals surface area contributed by atoms with Gasteiger partial charge in [-0.1, -0.05) is 6.08 Å². The Balaban J connectivity index is 1.79. The predicted molar refractivity (Wildman–Crippen MR) is 107 cm³/mol. The van der Waals surface area contributed by atoms with Gasteiger partial charge in [-0.3, -0.25) is 24.0 Å². The summed E-state index contributed by atoms with van der Waals surface area (Å²) in [6.07, 6.45) is 0.736. The monoisotopic (exact) mass is 443 g/mol. The number of amides is 2. The van der Waals surface area contributed by atoms with Crippen LogP contribution in [-0.2, 0) is 33.4 Å². The first kappa shape index (κ1) is 21.7. The van der Waals surface area contributed by atoms with Crippen molar-refractivity contribution in [2.24, 2.45) is 11.8 Å². The molecule has 0 unspecified atom stereocenters. The number of carbonyl (C=O) groups excluding carboxylic acids is 5. The van der Waals surface area contributed by atoms with E-state index in [0.717, 1.165) is 18.7 Å². The zero-order valence-corrected chi connectivity index (χ0v) is 17.8. The highest BCUT2D eigenvalue weighted by atomic mass is 16.7. The van der Waals surface area contributed by atoms with Gasteiger partial charge in [0.05, 0.1) is 30.7 Å². The van der Waals surface area contributed by atoms with Gasteiger partial charge < -0.3 is 18.9 Å². The molecule has 0 N–H and O–H groups in total. The minimum atomic E-state index is -1.65. The van der Waals surface area contributed by atoms with Crippen molar-refractivity contribution < 1.29 is 42.9 Å². The number of anilines is 1. The normalized spacial score (nSPS) is 27.7. The Morgan fingerprint density at radius 3 is 2.28 bits per heavy atom. The number of imide groups is 1. The van der Waals surface area contributed by atoms with Crippen molar-refractivity contribution in [3.63, 3.8) is 0 Å². The lowest BCUT2D eigenvalue weighted by molar-refractivity contribution is -0.226. The molecule has 3 heterocycles. The van der Waals surface area contributed by atoms with Crippen molar-refractivity contribution in [2.75, 3.05) is 12.0 Å². The van der Waals surface area contributed by atoms with E-state index in [2.05, 4.69) is 0 Å². The molecule has 3 aliphatic rings. The van der Waals surface area contributed by atoms with E-state index in [1.54, 1.807) is 6.08 Å². The molecular formula is C22H21NO9. The van der Waals surface area contributed by atoms with Crippen LogP contribution in [0.5, 0.6) is 5.75 Å². The van der Waals surface area contributed by atoms with Gasteiger partial charge in [-0.05, 0) is 31.2 Å². The summed E-state index contributed by atoms with van der Waals surface area (Å²) in [6.45, 7) is 3.62. The van der Waals surface area contributed by atoms with Gasteiger partial charge >= 0.3 is 11.9 Å². The van der Waals surface area contributed by atoms with Crippen molar-refractivity contribution in [1.82, 2.24) is 0 Å². The lowest BCUT2D eigenvalue weighted by Gasteiger charge is -2.34. The van der Waals surface area contributed by atoms with Crippen LogP contribution >= 0.6 is 0 Å². The zero-order chi connectivity index (χ0) is 23.4. The largest absolute Gasteiger partial charge is 0.495 e. The third-order valence-electron chi connectivity index (χ3n) is 5.82. The first-order chi connectivity index (χ1) is 15.1. The smallest absolute Gasteiger partial charge is 0.305 e. The van der Waals surface area contributed by atoms with Gasteiger partial charge in [0.25, 0.3) is 6.29 Å². The van der Waals surface area contributed by atoms with Crippen LogP contribution in [0.3, 0.4) is 0 Å². The average molecular weight is 443 g/mol.